The van der Waals surface area contributed by atoms with Crippen LogP contribution in [-0.4, -0.2) is 22.5 Å². The van der Waals surface area contributed by atoms with E-state index in [4.69, 9.17) is 4.42 Å². The third kappa shape index (κ3) is 4.45. The number of hydrogen-bond donors (Lipinski definition) is 0. The molecule has 3 rings (SSSR count). The van der Waals surface area contributed by atoms with E-state index in [0.717, 1.165) is 0 Å². The standard InChI is InChI=1S/C19H16F6N2O/c1-17(2)6-3-4-11(5-7-17)15-26-27-16(28-15)12-8-13(18(20,21)22)10-14(9-12)19(23,24)25/h3-8,10,12H,9H2,1-2H3. The first-order chi connectivity index (χ1) is 12.9. The first-order valence-corrected chi connectivity index (χ1v) is 8.34. The van der Waals surface area contributed by atoms with E-state index in [2.05, 4.69) is 10.2 Å². The number of alkyl halides is 6. The molecule has 9 heteroatoms. The van der Waals surface area contributed by atoms with E-state index in [1.165, 1.54) is 0 Å². The van der Waals surface area contributed by atoms with Crippen LogP contribution < -0.4 is 0 Å². The van der Waals surface area contributed by atoms with Crippen LogP contribution in [0.3, 0.4) is 0 Å². The minimum Gasteiger partial charge on any atom is -0.420 e. The predicted octanol–water partition coefficient (Wildman–Crippen LogP) is 6.07. The van der Waals surface area contributed by atoms with Crippen LogP contribution in [0.5, 0.6) is 0 Å². The fourth-order valence-electron chi connectivity index (χ4n) is 2.80. The van der Waals surface area contributed by atoms with Crippen molar-refractivity contribution in [3.63, 3.8) is 0 Å². The van der Waals surface area contributed by atoms with Crippen molar-refractivity contribution in [2.75, 3.05) is 0 Å². The Morgan fingerprint density at radius 1 is 1.04 bits per heavy atom. The van der Waals surface area contributed by atoms with E-state index in [1.54, 1.807) is 18.2 Å². The molecule has 0 aromatic carbocycles. The largest absolute Gasteiger partial charge is 0.420 e. The third-order valence-electron chi connectivity index (χ3n) is 4.34. The SMILES string of the molecule is CC1(C)C=CC=C(c2nnc(C3C=C(C(F)(F)F)C=C(C(F)(F)F)C3)o2)C=C1. The Morgan fingerprint density at radius 2 is 1.75 bits per heavy atom. The lowest BCUT2D eigenvalue weighted by Gasteiger charge is -2.22. The Morgan fingerprint density at radius 3 is 2.39 bits per heavy atom. The van der Waals surface area contributed by atoms with Crippen molar-refractivity contribution < 1.29 is 30.8 Å². The van der Waals surface area contributed by atoms with Crippen LogP contribution in [0.15, 0.2) is 58.1 Å². The molecule has 1 aromatic heterocycles. The second-order valence-electron chi connectivity index (χ2n) is 7.18. The Hall–Kier alpha value is -2.58. The second kappa shape index (κ2) is 6.79. The first kappa shape index (κ1) is 20.2. The molecule has 28 heavy (non-hydrogen) atoms. The smallest absolute Gasteiger partial charge is 0.416 e. The summed E-state index contributed by atoms with van der Waals surface area (Å²) in [6.45, 7) is 3.93. The fraction of sp³-hybridized carbons (Fsp3) is 0.368. The van der Waals surface area contributed by atoms with Gasteiger partial charge in [0.1, 0.15) is 0 Å². The van der Waals surface area contributed by atoms with Crippen molar-refractivity contribution in [1.82, 2.24) is 10.2 Å². The molecule has 0 bridgehead atoms. The van der Waals surface area contributed by atoms with E-state index in [-0.39, 0.29) is 23.3 Å². The highest BCUT2D eigenvalue weighted by atomic mass is 19.4. The summed E-state index contributed by atoms with van der Waals surface area (Å²) in [5.74, 6) is -1.59. The van der Waals surface area contributed by atoms with Gasteiger partial charge in [0.15, 0.2) is 0 Å². The van der Waals surface area contributed by atoms with Gasteiger partial charge in [-0.2, -0.15) is 26.3 Å². The normalized spacial score (nSPS) is 22.4. The van der Waals surface area contributed by atoms with Crippen LogP contribution >= 0.6 is 0 Å². The monoisotopic (exact) mass is 402 g/mol. The van der Waals surface area contributed by atoms with E-state index in [9.17, 15) is 26.3 Å². The highest BCUT2D eigenvalue weighted by Crippen LogP contribution is 2.43. The molecule has 150 valence electrons. The van der Waals surface area contributed by atoms with Gasteiger partial charge in [0.2, 0.25) is 11.8 Å². The zero-order valence-corrected chi connectivity index (χ0v) is 14.9. The Balaban J connectivity index is 1.93. The van der Waals surface area contributed by atoms with Gasteiger partial charge >= 0.3 is 12.4 Å². The summed E-state index contributed by atoms with van der Waals surface area (Å²) in [6, 6.07) is 0. The van der Waals surface area contributed by atoms with Gasteiger partial charge < -0.3 is 4.42 Å². The summed E-state index contributed by atoms with van der Waals surface area (Å²) >= 11 is 0. The molecule has 2 aliphatic carbocycles. The summed E-state index contributed by atoms with van der Waals surface area (Å²) in [4.78, 5) is 0. The molecule has 0 amide bonds. The second-order valence-corrected chi connectivity index (χ2v) is 7.18. The minimum atomic E-state index is -4.92. The van der Waals surface area contributed by atoms with E-state index in [0.29, 0.717) is 11.6 Å². The van der Waals surface area contributed by atoms with Crippen molar-refractivity contribution in [2.45, 2.75) is 38.5 Å². The van der Waals surface area contributed by atoms with Gasteiger partial charge in [-0.05, 0) is 18.6 Å². The summed E-state index contributed by atoms with van der Waals surface area (Å²) in [5.41, 5.74) is -2.37. The Kier molecular flexibility index (Phi) is 4.89. The van der Waals surface area contributed by atoms with Crippen LogP contribution in [0.1, 0.15) is 38.0 Å². The van der Waals surface area contributed by atoms with Crippen molar-refractivity contribution in [1.29, 1.82) is 0 Å². The zero-order chi connectivity index (χ0) is 20.7. The highest BCUT2D eigenvalue weighted by Gasteiger charge is 2.43. The summed E-state index contributed by atoms with van der Waals surface area (Å²) in [5, 5.41) is 7.49. The number of nitrogens with zero attached hydrogens (tertiary/aromatic N) is 2. The topological polar surface area (TPSA) is 38.9 Å². The zero-order valence-electron chi connectivity index (χ0n) is 14.9. The molecule has 2 aliphatic rings. The van der Waals surface area contributed by atoms with Crippen LogP contribution in [0, 0.1) is 5.41 Å². The number of rotatable bonds is 2. The molecule has 0 radical (unpaired) electrons. The van der Waals surface area contributed by atoms with Crippen LogP contribution in [0.4, 0.5) is 26.3 Å². The minimum absolute atomic E-state index is 0.0265. The number of hydrogen-bond acceptors (Lipinski definition) is 3. The van der Waals surface area contributed by atoms with E-state index >= 15 is 0 Å². The Labute approximate surface area is 156 Å². The lowest BCUT2D eigenvalue weighted by molar-refractivity contribution is -0.0993. The van der Waals surface area contributed by atoms with Crippen molar-refractivity contribution in [3.8, 4) is 0 Å². The quantitative estimate of drug-likeness (QED) is 0.564. The number of halogens is 6. The molecule has 1 aromatic rings. The maximum atomic E-state index is 13.1. The maximum absolute atomic E-state index is 13.1. The first-order valence-electron chi connectivity index (χ1n) is 8.34. The van der Waals surface area contributed by atoms with Gasteiger partial charge in [0.25, 0.3) is 0 Å². The number of allylic oxidation sites excluding steroid dienone is 10. The van der Waals surface area contributed by atoms with Gasteiger partial charge in [-0.15, -0.1) is 10.2 Å². The van der Waals surface area contributed by atoms with E-state index < -0.39 is 35.8 Å². The lowest BCUT2D eigenvalue weighted by Crippen LogP contribution is -2.22. The summed E-state index contributed by atoms with van der Waals surface area (Å²) in [6.07, 6.45) is -0.720. The van der Waals surface area contributed by atoms with Gasteiger partial charge in [0, 0.05) is 16.6 Å². The molecule has 3 nitrogen and oxygen atoms in total. The molecule has 1 atom stereocenters. The molecular formula is C19H16F6N2O. The molecular weight excluding hydrogens is 386 g/mol. The molecule has 0 saturated carbocycles. The molecule has 1 unspecified atom stereocenters. The third-order valence-corrected chi connectivity index (χ3v) is 4.34. The lowest BCUT2D eigenvalue weighted by atomic mass is 9.89. The van der Waals surface area contributed by atoms with Crippen molar-refractivity contribution in [2.24, 2.45) is 5.41 Å². The maximum Gasteiger partial charge on any atom is 0.416 e. The Bertz CT molecular complexity index is 910. The average molecular weight is 402 g/mol. The molecule has 0 saturated heterocycles. The summed E-state index contributed by atoms with van der Waals surface area (Å²) < 4.78 is 83.7. The van der Waals surface area contributed by atoms with Crippen molar-refractivity contribution >= 4 is 5.57 Å². The van der Waals surface area contributed by atoms with Crippen LogP contribution in [0.2, 0.25) is 0 Å². The van der Waals surface area contributed by atoms with E-state index in [1.807, 2.05) is 26.0 Å². The molecule has 1 heterocycles. The average Bonchev–Trinajstić information content (AvgIpc) is 2.98. The molecule has 0 aliphatic heterocycles. The van der Waals surface area contributed by atoms with Gasteiger partial charge in [-0.3, -0.25) is 0 Å². The number of aromatic nitrogens is 2. The fourth-order valence-corrected chi connectivity index (χ4v) is 2.80. The predicted molar refractivity (Wildman–Crippen MR) is 90.0 cm³/mol. The molecule has 0 fully saturated rings. The van der Waals surface area contributed by atoms with Crippen LogP contribution in [-0.2, 0) is 0 Å². The van der Waals surface area contributed by atoms with Gasteiger partial charge in [0.05, 0.1) is 11.5 Å². The summed E-state index contributed by atoms with van der Waals surface area (Å²) in [7, 11) is 0. The molecule has 0 spiro atoms. The molecule has 0 N–H and O–H groups in total. The van der Waals surface area contributed by atoms with Gasteiger partial charge in [-0.25, -0.2) is 0 Å². The van der Waals surface area contributed by atoms with Gasteiger partial charge in [-0.1, -0.05) is 44.2 Å². The van der Waals surface area contributed by atoms with Crippen LogP contribution in [0.25, 0.3) is 5.57 Å². The highest BCUT2D eigenvalue weighted by molar-refractivity contribution is 5.70. The van der Waals surface area contributed by atoms with Crippen molar-refractivity contribution in [3.05, 3.63) is 65.5 Å².